The second-order valence-corrected chi connectivity index (χ2v) is 5.58. The maximum Gasteiger partial charge on any atom is 0.237 e. The number of anilines is 2. The molecule has 0 saturated carbocycles. The van der Waals surface area contributed by atoms with Crippen LogP contribution in [-0.2, 0) is 15.6 Å². The quantitative estimate of drug-likeness (QED) is 0.807. The molecule has 3 N–H and O–H groups in total. The minimum absolute atomic E-state index is 0.0141. The number of amides is 1. The van der Waals surface area contributed by atoms with Crippen molar-refractivity contribution in [2.45, 2.75) is 13.3 Å². The molecule has 0 radical (unpaired) electrons. The van der Waals surface area contributed by atoms with Gasteiger partial charge in [0.2, 0.25) is 5.91 Å². The van der Waals surface area contributed by atoms with Crippen molar-refractivity contribution in [1.82, 2.24) is 0 Å². The summed E-state index contributed by atoms with van der Waals surface area (Å²) in [7, 11) is -1.12. The summed E-state index contributed by atoms with van der Waals surface area (Å²) in [5.41, 5.74) is 6.57. The fourth-order valence-corrected chi connectivity index (χ4v) is 2.41. The van der Waals surface area contributed by atoms with Gasteiger partial charge < -0.3 is 11.1 Å². The second kappa shape index (κ2) is 6.61. The molecule has 0 aliphatic rings. The number of carbonyl (C=O) groups is 1. The summed E-state index contributed by atoms with van der Waals surface area (Å²) in [5.74, 6) is 0.198. The number of rotatable bonds is 5. The van der Waals surface area contributed by atoms with E-state index in [0.717, 1.165) is 6.42 Å². The van der Waals surface area contributed by atoms with Crippen LogP contribution in [0.1, 0.15) is 13.3 Å². The topological polar surface area (TPSA) is 72.2 Å². The van der Waals surface area contributed by atoms with Gasteiger partial charge in [-0.1, -0.05) is 18.5 Å². The molecule has 1 rings (SSSR count). The van der Waals surface area contributed by atoms with Gasteiger partial charge in [0.05, 0.1) is 11.4 Å². The van der Waals surface area contributed by atoms with E-state index in [2.05, 4.69) is 5.32 Å². The van der Waals surface area contributed by atoms with Crippen LogP contribution in [-0.4, -0.2) is 21.6 Å². The molecule has 1 atom stereocenters. The summed E-state index contributed by atoms with van der Waals surface area (Å²) in [6, 6.07) is 4.82. The highest BCUT2D eigenvalue weighted by molar-refractivity contribution is 7.85. The molecule has 0 aliphatic carbocycles. The molecule has 1 amide bonds. The van der Waals surface area contributed by atoms with Crippen molar-refractivity contribution in [3.8, 4) is 0 Å². The summed E-state index contributed by atoms with van der Waals surface area (Å²) in [6.07, 6.45) is 0.791. The number of nitrogens with two attached hydrogens (primary N) is 1. The number of carbonyl (C=O) groups excluding carboxylic acids is 1. The molecule has 0 aromatic heterocycles. The summed E-state index contributed by atoms with van der Waals surface area (Å²) in [5, 5.41) is 3.09. The Bertz CT molecular complexity index is 437. The van der Waals surface area contributed by atoms with Crippen molar-refractivity contribution in [1.29, 1.82) is 0 Å². The number of nitrogens with one attached hydrogen (secondary N) is 1. The van der Waals surface area contributed by atoms with Crippen molar-refractivity contribution >= 4 is 39.7 Å². The van der Waals surface area contributed by atoms with Crippen LogP contribution in [0.25, 0.3) is 0 Å². The number of halogens is 1. The maximum atomic E-state index is 11.6. The highest BCUT2D eigenvalue weighted by Gasteiger charge is 2.09. The van der Waals surface area contributed by atoms with Crippen LogP contribution >= 0.6 is 11.6 Å². The predicted molar refractivity (Wildman–Crippen MR) is 72.7 cm³/mol. The lowest BCUT2D eigenvalue weighted by atomic mass is 10.2. The lowest BCUT2D eigenvalue weighted by Crippen LogP contribution is -2.21. The molecule has 0 bridgehead atoms. The average Bonchev–Trinajstić information content (AvgIpc) is 2.23. The summed E-state index contributed by atoms with van der Waals surface area (Å²) in [4.78, 5) is 11.6. The first-order chi connectivity index (χ1) is 8.02. The van der Waals surface area contributed by atoms with Crippen LogP contribution in [0.15, 0.2) is 18.2 Å². The Morgan fingerprint density at radius 1 is 1.53 bits per heavy atom. The van der Waals surface area contributed by atoms with E-state index < -0.39 is 10.8 Å². The van der Waals surface area contributed by atoms with Crippen LogP contribution in [0.4, 0.5) is 11.4 Å². The van der Waals surface area contributed by atoms with Crippen molar-refractivity contribution in [3.63, 3.8) is 0 Å². The van der Waals surface area contributed by atoms with Crippen molar-refractivity contribution in [3.05, 3.63) is 23.2 Å². The van der Waals surface area contributed by atoms with Crippen LogP contribution in [0.3, 0.4) is 0 Å². The van der Waals surface area contributed by atoms with Crippen molar-refractivity contribution in [2.24, 2.45) is 0 Å². The molecule has 0 heterocycles. The van der Waals surface area contributed by atoms with Crippen LogP contribution in [0, 0.1) is 0 Å². The molecule has 1 unspecified atom stereocenters. The second-order valence-electron chi connectivity index (χ2n) is 3.57. The smallest absolute Gasteiger partial charge is 0.237 e. The molecule has 0 saturated heterocycles. The predicted octanol–water partition coefficient (Wildman–Crippen LogP) is 2.02. The fourth-order valence-electron chi connectivity index (χ4n) is 1.27. The van der Waals surface area contributed by atoms with Crippen molar-refractivity contribution in [2.75, 3.05) is 22.6 Å². The molecule has 0 aliphatic heterocycles. The van der Waals surface area contributed by atoms with Crippen molar-refractivity contribution < 1.29 is 9.00 Å². The van der Waals surface area contributed by atoms with Gasteiger partial charge in [0, 0.05) is 21.6 Å². The van der Waals surface area contributed by atoms with Gasteiger partial charge in [0.1, 0.15) is 5.75 Å². The molecular weight excluding hydrogens is 260 g/mol. The van der Waals surface area contributed by atoms with E-state index in [9.17, 15) is 9.00 Å². The van der Waals surface area contributed by atoms with E-state index in [0.29, 0.717) is 22.2 Å². The first kappa shape index (κ1) is 14.0. The Morgan fingerprint density at radius 3 is 2.88 bits per heavy atom. The Labute approximate surface area is 108 Å². The molecule has 1 aromatic rings. The third kappa shape index (κ3) is 4.75. The summed E-state index contributed by atoms with van der Waals surface area (Å²) < 4.78 is 11.4. The van der Waals surface area contributed by atoms with E-state index in [1.54, 1.807) is 18.2 Å². The van der Waals surface area contributed by atoms with Gasteiger partial charge in [-0.3, -0.25) is 9.00 Å². The zero-order chi connectivity index (χ0) is 12.8. The van der Waals surface area contributed by atoms with E-state index in [1.165, 1.54) is 0 Å². The monoisotopic (exact) mass is 274 g/mol. The minimum atomic E-state index is -1.12. The van der Waals surface area contributed by atoms with Gasteiger partial charge in [-0.2, -0.15) is 0 Å². The lowest BCUT2D eigenvalue weighted by Gasteiger charge is -2.08. The molecule has 0 fully saturated rings. The molecule has 4 nitrogen and oxygen atoms in total. The van der Waals surface area contributed by atoms with E-state index >= 15 is 0 Å². The zero-order valence-corrected chi connectivity index (χ0v) is 11.1. The van der Waals surface area contributed by atoms with E-state index in [1.807, 2.05) is 6.92 Å². The molecule has 6 heteroatoms. The van der Waals surface area contributed by atoms with Gasteiger partial charge in [0.15, 0.2) is 0 Å². The minimum Gasteiger partial charge on any atom is -0.397 e. The first-order valence-electron chi connectivity index (χ1n) is 5.22. The number of nitrogen functional groups attached to an aromatic ring is 1. The molecule has 94 valence electrons. The number of benzene rings is 1. The van der Waals surface area contributed by atoms with Gasteiger partial charge in [-0.15, -0.1) is 0 Å². The molecule has 17 heavy (non-hydrogen) atoms. The molecule has 0 spiro atoms. The van der Waals surface area contributed by atoms with Gasteiger partial charge >= 0.3 is 0 Å². The molecule has 1 aromatic carbocycles. The Balaban J connectivity index is 2.62. The van der Waals surface area contributed by atoms with Gasteiger partial charge in [0.25, 0.3) is 0 Å². The highest BCUT2D eigenvalue weighted by atomic mass is 35.5. The summed E-state index contributed by atoms with van der Waals surface area (Å²) >= 11 is 5.79. The van der Waals surface area contributed by atoms with Gasteiger partial charge in [-0.25, -0.2) is 0 Å². The fraction of sp³-hybridized carbons (Fsp3) is 0.364. The lowest BCUT2D eigenvalue weighted by molar-refractivity contribution is -0.113. The first-order valence-corrected chi connectivity index (χ1v) is 7.09. The van der Waals surface area contributed by atoms with E-state index in [4.69, 9.17) is 17.3 Å². The Kier molecular flexibility index (Phi) is 5.44. The van der Waals surface area contributed by atoms with Crippen LogP contribution in [0.2, 0.25) is 5.02 Å². The van der Waals surface area contributed by atoms with Crippen LogP contribution < -0.4 is 11.1 Å². The Morgan fingerprint density at radius 2 is 2.24 bits per heavy atom. The summed E-state index contributed by atoms with van der Waals surface area (Å²) in [6.45, 7) is 1.92. The normalized spacial score (nSPS) is 12.1. The largest absolute Gasteiger partial charge is 0.397 e. The third-order valence-electron chi connectivity index (χ3n) is 2.01. The molecular formula is C11H15ClN2O2S. The highest BCUT2D eigenvalue weighted by Crippen LogP contribution is 2.22. The average molecular weight is 275 g/mol. The van der Waals surface area contributed by atoms with E-state index in [-0.39, 0.29) is 11.7 Å². The van der Waals surface area contributed by atoms with Crippen LogP contribution in [0.5, 0.6) is 0 Å². The zero-order valence-electron chi connectivity index (χ0n) is 9.53. The number of hydrogen-bond acceptors (Lipinski definition) is 3. The standard InChI is InChI=1S/C11H15ClN2O2S/c1-2-5-17(16)7-11(15)14-10-6-8(12)3-4-9(10)13/h3-4,6H,2,5,7,13H2,1H3,(H,14,15). The Hall–Kier alpha value is -1.07. The third-order valence-corrected chi connectivity index (χ3v) is 3.70. The van der Waals surface area contributed by atoms with Gasteiger partial charge in [-0.05, 0) is 24.6 Å². The maximum absolute atomic E-state index is 11.6. The number of hydrogen-bond donors (Lipinski definition) is 2. The SMILES string of the molecule is CCCS(=O)CC(=O)Nc1cc(Cl)ccc1N.